The average Bonchev–Trinajstić information content (AvgIpc) is 2.74. The van der Waals surface area contributed by atoms with Crippen molar-refractivity contribution in [3.63, 3.8) is 0 Å². The molecule has 0 amide bonds. The fraction of sp³-hybridized carbons (Fsp3) is 0. The van der Waals surface area contributed by atoms with Gasteiger partial charge in [-0.05, 0) is 67.8 Å². The van der Waals surface area contributed by atoms with Crippen LogP contribution in [-0.4, -0.2) is 21.0 Å². The van der Waals surface area contributed by atoms with Gasteiger partial charge < -0.3 is 4.74 Å². The van der Waals surface area contributed by atoms with Crippen molar-refractivity contribution in [2.75, 3.05) is 0 Å². The molecule has 0 fully saturated rings. The van der Waals surface area contributed by atoms with E-state index in [1.165, 1.54) is 30.5 Å². The van der Waals surface area contributed by atoms with Crippen molar-refractivity contribution in [2.45, 2.75) is 0 Å². The predicted octanol–water partition coefficient (Wildman–Crippen LogP) is 6.48. The minimum absolute atomic E-state index is 0.0451. The third-order valence-corrected chi connectivity index (χ3v) is 5.18. The first kappa shape index (κ1) is 23.0. The molecule has 0 aliphatic rings. The quantitative estimate of drug-likeness (QED) is 0.180. The van der Waals surface area contributed by atoms with Crippen molar-refractivity contribution in [3.05, 3.63) is 99.4 Å². The molecule has 0 aliphatic heterocycles. The molecule has 11 nitrogen and oxygen atoms in total. The number of hydrogen-bond acceptors (Lipinski definition) is 8. The molecule has 0 heterocycles. The van der Waals surface area contributed by atoms with E-state index in [-0.39, 0.29) is 17.2 Å². The number of nitrogens with zero attached hydrogens (tertiary/aromatic N) is 4. The molecule has 0 saturated heterocycles. The smallest absolute Gasteiger partial charge is 0.318 e. The molecular formula is C19H10Br2N4O7. The third-order valence-electron chi connectivity index (χ3n) is 4.01. The van der Waals surface area contributed by atoms with Crippen LogP contribution >= 0.6 is 31.9 Å². The second-order valence-corrected chi connectivity index (χ2v) is 7.82. The molecule has 3 aromatic carbocycles. The van der Waals surface area contributed by atoms with Gasteiger partial charge in [0.15, 0.2) is 5.75 Å². The Bertz CT molecular complexity index is 1240. The van der Waals surface area contributed by atoms with E-state index in [0.29, 0.717) is 20.2 Å². The van der Waals surface area contributed by atoms with Crippen molar-refractivity contribution in [1.29, 1.82) is 0 Å². The van der Waals surface area contributed by atoms with Gasteiger partial charge in [0.2, 0.25) is 5.75 Å². The summed E-state index contributed by atoms with van der Waals surface area (Å²) < 4.78 is 6.52. The van der Waals surface area contributed by atoms with Crippen molar-refractivity contribution < 1.29 is 19.5 Å². The predicted molar refractivity (Wildman–Crippen MR) is 122 cm³/mol. The van der Waals surface area contributed by atoms with Crippen LogP contribution in [0.15, 0.2) is 68.5 Å². The van der Waals surface area contributed by atoms with E-state index in [9.17, 15) is 30.3 Å². The van der Waals surface area contributed by atoms with Crippen LogP contribution in [-0.2, 0) is 0 Å². The van der Waals surface area contributed by atoms with Gasteiger partial charge in [0.1, 0.15) is 0 Å². The lowest BCUT2D eigenvalue weighted by Gasteiger charge is -2.11. The fourth-order valence-electron chi connectivity index (χ4n) is 2.52. The highest BCUT2D eigenvalue weighted by Crippen LogP contribution is 2.41. The zero-order valence-corrected chi connectivity index (χ0v) is 18.8. The summed E-state index contributed by atoms with van der Waals surface area (Å²) >= 11 is 6.67. The van der Waals surface area contributed by atoms with E-state index < -0.39 is 26.1 Å². The second kappa shape index (κ2) is 9.62. The summed E-state index contributed by atoms with van der Waals surface area (Å²) in [6.45, 7) is 0. The van der Waals surface area contributed by atoms with Gasteiger partial charge in [-0.3, -0.25) is 35.3 Å². The Hall–Kier alpha value is -3.71. The number of halogens is 2. The first-order valence-corrected chi connectivity index (χ1v) is 10.1. The van der Waals surface area contributed by atoms with Gasteiger partial charge in [-0.2, -0.15) is 0 Å². The number of aliphatic imine (C=N–C) groups is 1. The van der Waals surface area contributed by atoms with Crippen molar-refractivity contribution in [1.82, 2.24) is 0 Å². The molecule has 0 unspecified atom stereocenters. The minimum atomic E-state index is -0.768. The molecular weight excluding hydrogens is 556 g/mol. The van der Waals surface area contributed by atoms with Gasteiger partial charge in [-0.1, -0.05) is 0 Å². The molecule has 0 aromatic heterocycles. The monoisotopic (exact) mass is 564 g/mol. The zero-order valence-electron chi connectivity index (χ0n) is 15.7. The van der Waals surface area contributed by atoms with Gasteiger partial charge in [0.25, 0.3) is 11.4 Å². The number of ether oxygens (including phenoxy) is 1. The normalized spacial score (nSPS) is 10.8. The summed E-state index contributed by atoms with van der Waals surface area (Å²) in [6, 6.07) is 12.1. The van der Waals surface area contributed by atoms with E-state index in [2.05, 4.69) is 36.9 Å². The molecule has 32 heavy (non-hydrogen) atoms. The van der Waals surface area contributed by atoms with Crippen LogP contribution in [0.2, 0.25) is 0 Å². The Kier molecular flexibility index (Phi) is 6.90. The van der Waals surface area contributed by atoms with Gasteiger partial charge >= 0.3 is 5.69 Å². The molecule has 0 saturated carbocycles. The van der Waals surface area contributed by atoms with E-state index in [1.54, 1.807) is 12.1 Å². The molecule has 0 spiro atoms. The lowest BCUT2D eigenvalue weighted by Crippen LogP contribution is -1.97. The summed E-state index contributed by atoms with van der Waals surface area (Å²) in [4.78, 5) is 35.2. The third kappa shape index (κ3) is 5.31. The van der Waals surface area contributed by atoms with Crippen molar-refractivity contribution in [2.24, 2.45) is 4.99 Å². The maximum atomic E-state index is 11.3. The summed E-state index contributed by atoms with van der Waals surface area (Å²) in [6.07, 6.45) is 1.52. The van der Waals surface area contributed by atoms with E-state index in [0.717, 1.165) is 18.2 Å². The highest BCUT2D eigenvalue weighted by molar-refractivity contribution is 9.11. The maximum absolute atomic E-state index is 11.3. The Morgan fingerprint density at radius 2 is 1.34 bits per heavy atom. The number of hydrogen-bond donors (Lipinski definition) is 0. The highest BCUT2D eigenvalue weighted by atomic mass is 79.9. The Morgan fingerprint density at radius 3 is 1.88 bits per heavy atom. The lowest BCUT2D eigenvalue weighted by molar-refractivity contribution is -0.394. The van der Waals surface area contributed by atoms with Crippen molar-refractivity contribution in [3.8, 4) is 11.5 Å². The van der Waals surface area contributed by atoms with Crippen molar-refractivity contribution >= 4 is 60.8 Å². The second-order valence-electron chi connectivity index (χ2n) is 6.11. The lowest BCUT2D eigenvalue weighted by atomic mass is 10.2. The highest BCUT2D eigenvalue weighted by Gasteiger charge is 2.22. The molecule has 0 radical (unpaired) electrons. The van der Waals surface area contributed by atoms with Crippen LogP contribution < -0.4 is 4.74 Å². The molecule has 162 valence electrons. The largest absolute Gasteiger partial charge is 0.448 e. The molecule has 0 bridgehead atoms. The summed E-state index contributed by atoms with van der Waals surface area (Å²) in [5.74, 6) is 0.0451. The average molecular weight is 566 g/mol. The summed E-state index contributed by atoms with van der Waals surface area (Å²) in [5, 5.41) is 32.9. The number of rotatable bonds is 7. The van der Waals surface area contributed by atoms with E-state index in [1.807, 2.05) is 0 Å². The first-order valence-electron chi connectivity index (χ1n) is 8.54. The van der Waals surface area contributed by atoms with Gasteiger partial charge in [0, 0.05) is 24.4 Å². The number of nitro benzene ring substituents is 3. The molecule has 3 rings (SSSR count). The topological polar surface area (TPSA) is 151 Å². The van der Waals surface area contributed by atoms with E-state index >= 15 is 0 Å². The maximum Gasteiger partial charge on any atom is 0.318 e. The Morgan fingerprint density at radius 1 is 0.781 bits per heavy atom. The van der Waals surface area contributed by atoms with Crippen LogP contribution in [0.1, 0.15) is 5.56 Å². The van der Waals surface area contributed by atoms with Crippen LogP contribution in [0.25, 0.3) is 0 Å². The van der Waals surface area contributed by atoms with Crippen LogP contribution in [0.4, 0.5) is 22.7 Å². The van der Waals surface area contributed by atoms with Crippen LogP contribution in [0, 0.1) is 30.3 Å². The molecule has 3 aromatic rings. The van der Waals surface area contributed by atoms with E-state index in [4.69, 9.17) is 4.74 Å². The van der Waals surface area contributed by atoms with Gasteiger partial charge in [-0.25, -0.2) is 0 Å². The van der Waals surface area contributed by atoms with Crippen LogP contribution in [0.5, 0.6) is 11.5 Å². The molecule has 0 atom stereocenters. The molecule has 0 N–H and O–H groups in total. The Balaban J connectivity index is 1.87. The minimum Gasteiger partial charge on any atom is -0.448 e. The fourth-order valence-corrected chi connectivity index (χ4v) is 3.90. The first-order chi connectivity index (χ1) is 15.2. The number of benzene rings is 3. The standard InChI is InChI=1S/C19H10Br2N4O7/c20-15-7-11(10-22-12-1-3-13(4-2-12)23(26)27)8-16(21)19(15)32-18-6-5-14(24(28)29)9-17(18)25(30)31/h1-10H. The SMILES string of the molecule is O=[N+]([O-])c1ccc(N=Cc2cc(Br)c(Oc3ccc([N+](=O)[O-])cc3[N+](=O)[O-])c(Br)c2)cc1. The number of non-ortho nitro benzene ring substituents is 2. The molecule has 13 heteroatoms. The summed E-state index contributed by atoms with van der Waals surface area (Å²) in [7, 11) is 0. The van der Waals surface area contributed by atoms with Crippen LogP contribution in [0.3, 0.4) is 0 Å². The molecule has 0 aliphatic carbocycles. The number of nitro groups is 3. The summed E-state index contributed by atoms with van der Waals surface area (Å²) in [5.41, 5.74) is 0.107. The van der Waals surface area contributed by atoms with Gasteiger partial charge in [-0.15, -0.1) is 0 Å². The van der Waals surface area contributed by atoms with Gasteiger partial charge in [0.05, 0.1) is 35.5 Å². The zero-order chi connectivity index (χ0) is 23.4. The Labute approximate surface area is 196 Å².